The molecule has 1 aromatic carbocycles. The van der Waals surface area contributed by atoms with Gasteiger partial charge in [-0.3, -0.25) is 9.78 Å². The van der Waals surface area contributed by atoms with Gasteiger partial charge >= 0.3 is 5.97 Å². The number of hydrogen-bond acceptors (Lipinski definition) is 4. The van der Waals surface area contributed by atoms with Gasteiger partial charge in [-0.1, -0.05) is 12.1 Å². The van der Waals surface area contributed by atoms with Crippen LogP contribution in [0.1, 0.15) is 17.5 Å². The summed E-state index contributed by atoms with van der Waals surface area (Å²) in [6.45, 7) is 0.243. The van der Waals surface area contributed by atoms with Crippen LogP contribution in [0, 0.1) is 0 Å². The molecule has 2 aromatic rings. The van der Waals surface area contributed by atoms with Crippen LogP contribution in [-0.4, -0.2) is 11.0 Å². The number of hydrogen-bond donors (Lipinski definition) is 1. The van der Waals surface area contributed by atoms with Crippen molar-refractivity contribution in [3.8, 4) is 0 Å². The Labute approximate surface area is 126 Å². The number of esters is 1. The van der Waals surface area contributed by atoms with Crippen molar-refractivity contribution in [3.05, 3.63) is 58.3 Å². The summed E-state index contributed by atoms with van der Waals surface area (Å²) in [5.74, 6) is -0.221. The summed E-state index contributed by atoms with van der Waals surface area (Å²) >= 11 is 3.32. The van der Waals surface area contributed by atoms with Gasteiger partial charge < -0.3 is 10.5 Å². The van der Waals surface area contributed by atoms with E-state index in [9.17, 15) is 4.79 Å². The molecule has 0 fully saturated rings. The summed E-state index contributed by atoms with van der Waals surface area (Å²) in [4.78, 5) is 15.7. The van der Waals surface area contributed by atoms with Gasteiger partial charge in [0.1, 0.15) is 6.61 Å². The minimum absolute atomic E-state index is 0.221. The van der Waals surface area contributed by atoms with Crippen molar-refractivity contribution in [2.45, 2.75) is 19.4 Å². The Balaban J connectivity index is 1.77. The number of aryl methyl sites for hydroxylation is 1. The van der Waals surface area contributed by atoms with Gasteiger partial charge in [0.15, 0.2) is 0 Å². The molecule has 0 aliphatic heterocycles. The standard InChI is InChI=1S/C15H15BrN2O2/c16-13-7-12(8-18-9-13)10-20-15(19)6-3-11-1-4-14(17)5-2-11/h1-2,4-5,7-9H,3,6,10,17H2. The van der Waals surface area contributed by atoms with Gasteiger partial charge in [0.2, 0.25) is 0 Å². The molecular weight excluding hydrogens is 320 g/mol. The second-order valence-corrected chi connectivity index (χ2v) is 5.33. The first-order valence-corrected chi connectivity index (χ1v) is 7.02. The van der Waals surface area contributed by atoms with E-state index < -0.39 is 0 Å². The number of nitrogen functional groups attached to an aromatic ring is 1. The Morgan fingerprint density at radius 3 is 2.65 bits per heavy atom. The van der Waals surface area contributed by atoms with Crippen molar-refractivity contribution < 1.29 is 9.53 Å². The second kappa shape index (κ2) is 7.05. The van der Waals surface area contributed by atoms with Gasteiger partial charge in [-0.05, 0) is 46.1 Å². The number of anilines is 1. The van der Waals surface area contributed by atoms with Gasteiger partial charge in [-0.15, -0.1) is 0 Å². The number of nitrogens with two attached hydrogens (primary N) is 1. The third kappa shape index (κ3) is 4.66. The van der Waals surface area contributed by atoms with Gasteiger partial charge in [-0.25, -0.2) is 0 Å². The van der Waals surface area contributed by atoms with Crippen LogP contribution >= 0.6 is 15.9 Å². The molecule has 2 N–H and O–H groups in total. The number of carbonyl (C=O) groups excluding carboxylic acids is 1. The number of halogens is 1. The Hall–Kier alpha value is -1.88. The van der Waals surface area contributed by atoms with Crippen molar-refractivity contribution in [1.29, 1.82) is 0 Å². The van der Waals surface area contributed by atoms with Crippen LogP contribution in [0.25, 0.3) is 0 Å². The zero-order valence-corrected chi connectivity index (χ0v) is 12.5. The highest BCUT2D eigenvalue weighted by Gasteiger charge is 2.05. The first-order chi connectivity index (χ1) is 9.63. The van der Waals surface area contributed by atoms with Crippen LogP contribution in [0.3, 0.4) is 0 Å². The third-order valence-electron chi connectivity index (χ3n) is 2.76. The van der Waals surface area contributed by atoms with Crippen molar-refractivity contribution in [2.24, 2.45) is 0 Å². The molecule has 0 radical (unpaired) electrons. The van der Waals surface area contributed by atoms with Gasteiger partial charge in [0.05, 0.1) is 0 Å². The average molecular weight is 335 g/mol. The fourth-order valence-electron chi connectivity index (χ4n) is 1.70. The zero-order valence-electron chi connectivity index (χ0n) is 10.9. The Morgan fingerprint density at radius 2 is 1.95 bits per heavy atom. The lowest BCUT2D eigenvalue weighted by Crippen LogP contribution is -2.06. The molecule has 0 aliphatic carbocycles. The van der Waals surface area contributed by atoms with Gasteiger partial charge in [0, 0.05) is 34.5 Å². The molecule has 1 aromatic heterocycles. The van der Waals surface area contributed by atoms with Crippen LogP contribution in [0.2, 0.25) is 0 Å². The van der Waals surface area contributed by atoms with E-state index in [0.717, 1.165) is 21.3 Å². The number of nitrogens with zero attached hydrogens (tertiary/aromatic N) is 1. The summed E-state index contributed by atoms with van der Waals surface area (Å²) < 4.78 is 6.07. The highest BCUT2D eigenvalue weighted by atomic mass is 79.9. The van der Waals surface area contributed by atoms with E-state index in [1.807, 2.05) is 30.3 Å². The fraction of sp³-hybridized carbons (Fsp3) is 0.200. The monoisotopic (exact) mass is 334 g/mol. The smallest absolute Gasteiger partial charge is 0.306 e. The number of benzene rings is 1. The molecule has 0 unspecified atom stereocenters. The summed E-state index contributed by atoms with van der Waals surface area (Å²) in [5, 5.41) is 0. The fourth-order valence-corrected chi connectivity index (χ4v) is 2.11. The van der Waals surface area contributed by atoms with Crippen LogP contribution in [0.5, 0.6) is 0 Å². The van der Waals surface area contributed by atoms with Crippen molar-refractivity contribution in [1.82, 2.24) is 4.98 Å². The predicted molar refractivity (Wildman–Crippen MR) is 80.9 cm³/mol. The molecule has 4 nitrogen and oxygen atoms in total. The maximum absolute atomic E-state index is 11.7. The molecule has 1 heterocycles. The maximum Gasteiger partial charge on any atom is 0.306 e. The van der Waals surface area contributed by atoms with E-state index in [2.05, 4.69) is 20.9 Å². The maximum atomic E-state index is 11.7. The van der Waals surface area contributed by atoms with E-state index >= 15 is 0 Å². The molecule has 0 bridgehead atoms. The number of carbonyl (C=O) groups is 1. The van der Waals surface area contributed by atoms with Crippen molar-refractivity contribution in [2.75, 3.05) is 5.73 Å². The zero-order chi connectivity index (χ0) is 14.4. The molecule has 0 saturated carbocycles. The Morgan fingerprint density at radius 1 is 1.20 bits per heavy atom. The molecule has 20 heavy (non-hydrogen) atoms. The van der Waals surface area contributed by atoms with Crippen LogP contribution < -0.4 is 5.73 Å². The molecule has 0 aliphatic rings. The van der Waals surface area contributed by atoms with Crippen molar-refractivity contribution in [3.63, 3.8) is 0 Å². The number of aromatic nitrogens is 1. The minimum Gasteiger partial charge on any atom is -0.461 e. The SMILES string of the molecule is Nc1ccc(CCC(=O)OCc2cncc(Br)c2)cc1. The molecule has 104 valence electrons. The lowest BCUT2D eigenvalue weighted by atomic mass is 10.1. The largest absolute Gasteiger partial charge is 0.461 e. The molecule has 0 spiro atoms. The van der Waals surface area contributed by atoms with Gasteiger partial charge in [0.25, 0.3) is 0 Å². The molecular formula is C15H15BrN2O2. The Kier molecular flexibility index (Phi) is 5.12. The van der Waals surface area contributed by atoms with Crippen LogP contribution in [0.4, 0.5) is 5.69 Å². The van der Waals surface area contributed by atoms with Crippen LogP contribution in [-0.2, 0) is 22.6 Å². The summed E-state index contributed by atoms with van der Waals surface area (Å²) in [5.41, 5.74) is 8.26. The molecule has 0 saturated heterocycles. The molecule has 5 heteroatoms. The summed E-state index contributed by atoms with van der Waals surface area (Å²) in [6.07, 6.45) is 4.37. The highest BCUT2D eigenvalue weighted by Crippen LogP contribution is 2.11. The van der Waals surface area contributed by atoms with E-state index in [1.54, 1.807) is 12.4 Å². The van der Waals surface area contributed by atoms with E-state index in [1.165, 1.54) is 0 Å². The predicted octanol–water partition coefficient (Wildman–Crippen LogP) is 3.10. The first-order valence-electron chi connectivity index (χ1n) is 6.23. The number of pyridine rings is 1. The van der Waals surface area contributed by atoms with E-state index in [4.69, 9.17) is 10.5 Å². The topological polar surface area (TPSA) is 65.2 Å². The Bertz CT molecular complexity index is 585. The lowest BCUT2D eigenvalue weighted by molar-refractivity contribution is -0.144. The number of rotatable bonds is 5. The van der Waals surface area contributed by atoms with Crippen molar-refractivity contribution >= 4 is 27.6 Å². The molecule has 2 rings (SSSR count). The van der Waals surface area contributed by atoms with E-state index in [-0.39, 0.29) is 12.6 Å². The quantitative estimate of drug-likeness (QED) is 0.674. The second-order valence-electron chi connectivity index (χ2n) is 4.41. The van der Waals surface area contributed by atoms with E-state index in [0.29, 0.717) is 12.8 Å². The van der Waals surface area contributed by atoms with Gasteiger partial charge in [-0.2, -0.15) is 0 Å². The minimum atomic E-state index is -0.221. The average Bonchev–Trinajstić information content (AvgIpc) is 2.45. The third-order valence-corrected chi connectivity index (χ3v) is 3.19. The lowest BCUT2D eigenvalue weighted by Gasteiger charge is -2.05. The molecule has 0 amide bonds. The highest BCUT2D eigenvalue weighted by molar-refractivity contribution is 9.10. The summed E-state index contributed by atoms with van der Waals surface area (Å²) in [6, 6.07) is 9.36. The molecule has 0 atom stereocenters. The first kappa shape index (κ1) is 14.5. The van der Waals surface area contributed by atoms with Crippen LogP contribution in [0.15, 0.2) is 47.2 Å². The number of ether oxygens (including phenoxy) is 1. The summed E-state index contributed by atoms with van der Waals surface area (Å²) in [7, 11) is 0. The normalized spacial score (nSPS) is 10.2.